The molecule has 1 amide bonds. The largest absolute Gasteiger partial charge is 0.378 e. The van der Waals surface area contributed by atoms with Gasteiger partial charge in [0, 0.05) is 38.3 Å². The van der Waals surface area contributed by atoms with Gasteiger partial charge in [-0.05, 0) is 25.3 Å². The number of hydrogen-bond acceptors (Lipinski definition) is 5. The summed E-state index contributed by atoms with van der Waals surface area (Å²) >= 11 is 6.33. The lowest BCUT2D eigenvalue weighted by Gasteiger charge is -2.38. The van der Waals surface area contributed by atoms with Gasteiger partial charge in [0.2, 0.25) is 5.91 Å². The summed E-state index contributed by atoms with van der Waals surface area (Å²) < 4.78 is 5.31. The van der Waals surface area contributed by atoms with Crippen LogP contribution in [0.3, 0.4) is 0 Å². The molecular formula is C17H22ClN3O4. The Morgan fingerprint density at radius 3 is 2.68 bits per heavy atom. The highest BCUT2D eigenvalue weighted by atomic mass is 35.5. The van der Waals surface area contributed by atoms with Gasteiger partial charge in [-0.2, -0.15) is 0 Å². The third-order valence-corrected chi connectivity index (χ3v) is 5.15. The quantitative estimate of drug-likeness (QED) is 0.606. The monoisotopic (exact) mass is 367 g/mol. The zero-order chi connectivity index (χ0) is 18.0. The van der Waals surface area contributed by atoms with E-state index < -0.39 is 4.92 Å². The highest BCUT2D eigenvalue weighted by Crippen LogP contribution is 2.36. The minimum atomic E-state index is -0.441. The molecule has 0 aromatic heterocycles. The Morgan fingerprint density at radius 1 is 1.32 bits per heavy atom. The molecule has 0 aliphatic carbocycles. The minimum Gasteiger partial charge on any atom is -0.378 e. The summed E-state index contributed by atoms with van der Waals surface area (Å²) in [7, 11) is 0. The number of hydrogen-bond donors (Lipinski definition) is 0. The van der Waals surface area contributed by atoms with Crippen molar-refractivity contribution in [1.29, 1.82) is 0 Å². The average Bonchev–Trinajstić information content (AvgIpc) is 2.61. The Morgan fingerprint density at radius 2 is 2.04 bits per heavy atom. The zero-order valence-electron chi connectivity index (χ0n) is 14.2. The van der Waals surface area contributed by atoms with Crippen LogP contribution in [0.15, 0.2) is 12.1 Å². The van der Waals surface area contributed by atoms with E-state index in [9.17, 15) is 14.9 Å². The molecule has 0 saturated carbocycles. The highest BCUT2D eigenvalue weighted by Gasteiger charge is 2.31. The second-order valence-electron chi connectivity index (χ2n) is 6.57. The SMILES string of the molecule is Cc1cc([N+](=O)[O-])cc(Cl)c1N1CCCC(C(=O)N2CCOCC2)C1. The first-order chi connectivity index (χ1) is 12.0. The molecule has 136 valence electrons. The van der Waals surface area contributed by atoms with E-state index in [-0.39, 0.29) is 17.5 Å². The number of nitro groups is 1. The Kier molecular flexibility index (Phi) is 5.44. The number of nitro benzene ring substituents is 1. The molecule has 0 spiro atoms. The number of benzene rings is 1. The van der Waals surface area contributed by atoms with Crippen molar-refractivity contribution in [1.82, 2.24) is 4.90 Å². The molecule has 2 aliphatic heterocycles. The summed E-state index contributed by atoms with van der Waals surface area (Å²) in [5.74, 6) is 0.0983. The molecule has 1 aromatic carbocycles. The molecule has 1 atom stereocenters. The normalized spacial score (nSPS) is 21.3. The van der Waals surface area contributed by atoms with E-state index in [1.54, 1.807) is 0 Å². The third-order valence-electron chi connectivity index (χ3n) is 4.86. The maximum atomic E-state index is 12.8. The molecule has 2 aliphatic rings. The zero-order valence-corrected chi connectivity index (χ0v) is 15.0. The van der Waals surface area contributed by atoms with Crippen molar-refractivity contribution in [2.75, 3.05) is 44.3 Å². The molecule has 2 fully saturated rings. The van der Waals surface area contributed by atoms with Gasteiger partial charge >= 0.3 is 0 Å². The highest BCUT2D eigenvalue weighted by molar-refractivity contribution is 6.33. The Hall–Kier alpha value is -1.86. The predicted molar refractivity (Wildman–Crippen MR) is 95.2 cm³/mol. The summed E-state index contributed by atoms with van der Waals surface area (Å²) in [5.41, 5.74) is 1.55. The van der Waals surface area contributed by atoms with Gasteiger partial charge in [0.15, 0.2) is 0 Å². The second kappa shape index (κ2) is 7.58. The van der Waals surface area contributed by atoms with Crippen LogP contribution in [0.2, 0.25) is 5.02 Å². The molecule has 0 N–H and O–H groups in total. The number of amides is 1. The average molecular weight is 368 g/mol. The first-order valence-corrected chi connectivity index (χ1v) is 8.91. The lowest BCUT2D eigenvalue weighted by atomic mass is 9.95. The number of piperidine rings is 1. The van der Waals surface area contributed by atoms with Gasteiger partial charge in [0.05, 0.1) is 34.8 Å². The van der Waals surface area contributed by atoms with E-state index in [2.05, 4.69) is 4.90 Å². The number of rotatable bonds is 3. The standard InChI is InChI=1S/C17H22ClN3O4/c1-12-9-14(21(23)24)10-15(18)16(12)20-4-2-3-13(11-20)17(22)19-5-7-25-8-6-19/h9-10,13H,2-8,11H2,1H3. The number of aryl methyl sites for hydroxylation is 1. The fourth-order valence-corrected chi connectivity index (χ4v) is 4.03. The first-order valence-electron chi connectivity index (χ1n) is 8.53. The third kappa shape index (κ3) is 3.88. The number of carbonyl (C=O) groups excluding carboxylic acids is 1. The van der Waals surface area contributed by atoms with Crippen LogP contribution in [-0.4, -0.2) is 55.1 Å². The number of ether oxygens (including phenoxy) is 1. The number of non-ortho nitro benzene ring substituents is 1. The molecule has 2 heterocycles. The number of nitrogens with zero attached hydrogens (tertiary/aromatic N) is 3. The van der Waals surface area contributed by atoms with Crippen LogP contribution in [0.4, 0.5) is 11.4 Å². The van der Waals surface area contributed by atoms with Crippen molar-refractivity contribution in [3.8, 4) is 0 Å². The van der Waals surface area contributed by atoms with E-state index in [4.69, 9.17) is 16.3 Å². The van der Waals surface area contributed by atoms with Crippen LogP contribution in [0.5, 0.6) is 0 Å². The Labute approximate surface area is 151 Å². The van der Waals surface area contributed by atoms with Crippen molar-refractivity contribution in [2.24, 2.45) is 5.92 Å². The molecular weight excluding hydrogens is 346 g/mol. The summed E-state index contributed by atoms with van der Waals surface area (Å²) in [5, 5.41) is 11.3. The topological polar surface area (TPSA) is 75.9 Å². The van der Waals surface area contributed by atoms with Crippen LogP contribution in [-0.2, 0) is 9.53 Å². The van der Waals surface area contributed by atoms with E-state index >= 15 is 0 Å². The smallest absolute Gasteiger partial charge is 0.271 e. The van der Waals surface area contributed by atoms with Crippen LogP contribution < -0.4 is 4.90 Å². The van der Waals surface area contributed by atoms with Crippen molar-refractivity contribution < 1.29 is 14.5 Å². The predicted octanol–water partition coefficient (Wildman–Crippen LogP) is 2.63. The summed E-state index contributed by atoms with van der Waals surface area (Å²) in [4.78, 5) is 27.3. The molecule has 0 radical (unpaired) electrons. The fraction of sp³-hybridized carbons (Fsp3) is 0.588. The van der Waals surface area contributed by atoms with Crippen LogP contribution >= 0.6 is 11.6 Å². The Bertz CT molecular complexity index is 653. The van der Waals surface area contributed by atoms with Crippen molar-refractivity contribution in [2.45, 2.75) is 19.8 Å². The summed E-state index contributed by atoms with van der Waals surface area (Å²) in [6.07, 6.45) is 1.75. The number of carbonyl (C=O) groups is 1. The maximum Gasteiger partial charge on any atom is 0.271 e. The summed E-state index contributed by atoms with van der Waals surface area (Å²) in [6.45, 7) is 5.69. The minimum absolute atomic E-state index is 0.01000. The number of anilines is 1. The van der Waals surface area contributed by atoms with E-state index in [1.807, 2.05) is 11.8 Å². The lowest BCUT2D eigenvalue weighted by molar-refractivity contribution is -0.384. The van der Waals surface area contributed by atoms with E-state index in [0.29, 0.717) is 37.9 Å². The van der Waals surface area contributed by atoms with Gasteiger partial charge in [0.25, 0.3) is 5.69 Å². The van der Waals surface area contributed by atoms with Gasteiger partial charge in [0.1, 0.15) is 0 Å². The first kappa shape index (κ1) is 17.9. The van der Waals surface area contributed by atoms with Crippen LogP contribution in [0.25, 0.3) is 0 Å². The molecule has 7 nitrogen and oxygen atoms in total. The molecule has 1 aromatic rings. The lowest BCUT2D eigenvalue weighted by Crippen LogP contribution is -2.48. The molecule has 8 heteroatoms. The fourth-order valence-electron chi connectivity index (χ4n) is 3.65. The van der Waals surface area contributed by atoms with Gasteiger partial charge < -0.3 is 14.5 Å². The number of halogens is 1. The molecule has 2 saturated heterocycles. The van der Waals surface area contributed by atoms with Crippen molar-refractivity contribution >= 4 is 28.9 Å². The maximum absolute atomic E-state index is 12.8. The molecule has 3 rings (SSSR count). The Balaban J connectivity index is 1.77. The van der Waals surface area contributed by atoms with Gasteiger partial charge in [-0.3, -0.25) is 14.9 Å². The summed E-state index contributed by atoms with van der Waals surface area (Å²) in [6, 6.07) is 2.92. The van der Waals surface area contributed by atoms with Gasteiger partial charge in [-0.25, -0.2) is 0 Å². The molecule has 25 heavy (non-hydrogen) atoms. The number of morpholine rings is 1. The molecule has 0 bridgehead atoms. The van der Waals surface area contributed by atoms with Crippen LogP contribution in [0.1, 0.15) is 18.4 Å². The van der Waals surface area contributed by atoms with Crippen LogP contribution in [0, 0.1) is 23.0 Å². The molecule has 1 unspecified atom stereocenters. The van der Waals surface area contributed by atoms with Gasteiger partial charge in [-0.1, -0.05) is 11.6 Å². The van der Waals surface area contributed by atoms with Crippen molar-refractivity contribution in [3.05, 3.63) is 32.8 Å². The van der Waals surface area contributed by atoms with Crippen molar-refractivity contribution in [3.63, 3.8) is 0 Å². The van der Waals surface area contributed by atoms with E-state index in [1.165, 1.54) is 12.1 Å². The van der Waals surface area contributed by atoms with Gasteiger partial charge in [-0.15, -0.1) is 0 Å². The van der Waals surface area contributed by atoms with E-state index in [0.717, 1.165) is 30.6 Å². The second-order valence-corrected chi connectivity index (χ2v) is 6.98.